The summed E-state index contributed by atoms with van der Waals surface area (Å²) in [6.45, 7) is 0.355. The molecule has 0 atom stereocenters. The molecule has 0 heterocycles. The maximum atomic E-state index is 5.35. The van der Waals surface area contributed by atoms with Gasteiger partial charge in [0.1, 0.15) is 10.8 Å². The Morgan fingerprint density at radius 2 is 2.11 bits per heavy atom. The minimum Gasteiger partial charge on any atom is -0.367 e. The zero-order chi connectivity index (χ0) is 7.11. The molecule has 0 unspecified atom stereocenters. The van der Waals surface area contributed by atoms with E-state index in [0.29, 0.717) is 12.5 Å². The molecule has 9 heavy (non-hydrogen) atoms. The fourth-order valence-corrected chi connectivity index (χ4v) is 1.21. The van der Waals surface area contributed by atoms with Crippen LogP contribution in [0.2, 0.25) is 0 Å². The molecule has 0 aliphatic heterocycles. The average Bonchev–Trinajstić information content (AvgIpc) is 1.80. The monoisotopic (exact) mass is 226 g/mol. The van der Waals surface area contributed by atoms with Gasteiger partial charge in [-0.05, 0) is 21.5 Å². The third-order valence-electron chi connectivity index (χ3n) is 0.420. The number of alkyl halides is 2. The first-order chi connectivity index (χ1) is 4.27. The molecule has 0 aliphatic rings. The molecule has 0 spiro atoms. The van der Waals surface area contributed by atoms with Crippen molar-refractivity contribution >= 4 is 54.7 Å². The van der Waals surface area contributed by atoms with Crippen molar-refractivity contribution in [2.45, 2.75) is 4.84 Å². The van der Waals surface area contributed by atoms with Gasteiger partial charge in [-0.25, -0.2) is 0 Å². The summed E-state index contributed by atoms with van der Waals surface area (Å²) < 4.78 is 4.93. The van der Waals surface area contributed by atoms with Gasteiger partial charge in [-0.1, -0.05) is 0 Å². The fourth-order valence-electron chi connectivity index (χ4n) is 0.189. The van der Waals surface area contributed by atoms with Crippen molar-refractivity contribution in [2.24, 2.45) is 0 Å². The fraction of sp³-hybridized carbons (Fsp3) is 1.00. The van der Waals surface area contributed by atoms with Crippen molar-refractivity contribution in [1.29, 1.82) is 0 Å². The van der Waals surface area contributed by atoms with Crippen molar-refractivity contribution in [1.82, 2.24) is 0 Å². The van der Waals surface area contributed by atoms with Gasteiger partial charge >= 0.3 is 0 Å². The lowest BCUT2D eigenvalue weighted by atomic mass is 10.9. The quantitative estimate of drug-likeness (QED) is 0.309. The van der Waals surface area contributed by atoms with Crippen LogP contribution in [-0.4, -0.2) is 17.4 Å². The predicted molar refractivity (Wildman–Crippen MR) is 47.3 cm³/mol. The van der Waals surface area contributed by atoms with Gasteiger partial charge in [0.05, 0.1) is 6.61 Å². The molecule has 0 aromatic rings. The highest BCUT2D eigenvalue weighted by Crippen LogP contribution is 2.25. The molecule has 0 N–H and O–H groups in total. The number of ether oxygens (including phenoxy) is 1. The second kappa shape index (κ2) is 7.63. The molecule has 0 fully saturated rings. The van der Waals surface area contributed by atoms with Crippen molar-refractivity contribution in [3.05, 3.63) is 0 Å². The Bertz CT molecular complexity index is 63.0. The molecule has 56 valence electrons. The van der Waals surface area contributed by atoms with Gasteiger partial charge < -0.3 is 4.74 Å². The minimum atomic E-state index is -0.439. The molecule has 0 amide bonds. The molecule has 0 saturated carbocycles. The van der Waals surface area contributed by atoms with Crippen LogP contribution in [0.25, 0.3) is 0 Å². The van der Waals surface area contributed by atoms with E-state index in [4.69, 9.17) is 38.6 Å². The lowest BCUT2D eigenvalue weighted by Crippen LogP contribution is -2.00. The van der Waals surface area contributed by atoms with Gasteiger partial charge in [0.2, 0.25) is 0 Å². The van der Waals surface area contributed by atoms with Gasteiger partial charge in [0, 0.05) is 10.0 Å². The summed E-state index contributed by atoms with van der Waals surface area (Å²) in [6.07, 6.45) is 0. The standard InChI is InChI=1S/C3H5Cl3OS2/c4-3(5)1-7-2-8-9-6/h3H,1-2H2. The summed E-state index contributed by atoms with van der Waals surface area (Å²) in [5.41, 5.74) is 0. The van der Waals surface area contributed by atoms with Crippen LogP contribution in [0.1, 0.15) is 0 Å². The van der Waals surface area contributed by atoms with Gasteiger partial charge in [-0.3, -0.25) is 0 Å². The SMILES string of the molecule is ClSSCOCC(Cl)Cl. The van der Waals surface area contributed by atoms with Crippen LogP contribution >= 0.6 is 54.7 Å². The van der Waals surface area contributed by atoms with E-state index in [1.165, 1.54) is 10.8 Å². The van der Waals surface area contributed by atoms with E-state index in [1.807, 2.05) is 0 Å². The van der Waals surface area contributed by atoms with Gasteiger partial charge in [0.15, 0.2) is 0 Å². The van der Waals surface area contributed by atoms with E-state index >= 15 is 0 Å². The highest BCUT2D eigenvalue weighted by Gasteiger charge is 1.96. The predicted octanol–water partition coefficient (Wildman–Crippen LogP) is 3.30. The maximum Gasteiger partial charge on any atom is 0.131 e. The summed E-state index contributed by atoms with van der Waals surface area (Å²) >= 11 is 10.7. The van der Waals surface area contributed by atoms with E-state index in [9.17, 15) is 0 Å². The van der Waals surface area contributed by atoms with Crippen molar-refractivity contribution in [3.8, 4) is 0 Å². The third kappa shape index (κ3) is 9.53. The Hall–Kier alpha value is 1.53. The van der Waals surface area contributed by atoms with E-state index < -0.39 is 4.84 Å². The molecule has 0 radical (unpaired) electrons. The highest BCUT2D eigenvalue weighted by molar-refractivity contribution is 8.85. The summed E-state index contributed by atoms with van der Waals surface area (Å²) in [7, 11) is 7.77. The largest absolute Gasteiger partial charge is 0.367 e. The van der Waals surface area contributed by atoms with Crippen LogP contribution in [-0.2, 0) is 4.74 Å². The first kappa shape index (κ1) is 10.5. The Balaban J connectivity index is 2.75. The molecule has 0 aromatic heterocycles. The second-order valence-corrected chi connectivity index (χ2v) is 5.15. The lowest BCUT2D eigenvalue weighted by Gasteiger charge is -2.00. The zero-order valence-corrected chi connectivity index (χ0v) is 8.25. The Labute approximate surface area is 76.6 Å². The average molecular weight is 228 g/mol. The summed E-state index contributed by atoms with van der Waals surface area (Å²) in [6, 6.07) is 0. The van der Waals surface area contributed by atoms with Crippen molar-refractivity contribution in [2.75, 3.05) is 12.5 Å². The molecular formula is C3H5Cl3OS2. The molecule has 0 aromatic carbocycles. The lowest BCUT2D eigenvalue weighted by molar-refractivity contribution is 0.196. The minimum absolute atomic E-state index is 0.355. The summed E-state index contributed by atoms with van der Waals surface area (Å²) in [4.78, 5) is -0.439. The Morgan fingerprint density at radius 3 is 2.56 bits per heavy atom. The Kier molecular flexibility index (Phi) is 8.93. The molecular weight excluding hydrogens is 223 g/mol. The topological polar surface area (TPSA) is 9.23 Å². The smallest absolute Gasteiger partial charge is 0.131 e. The van der Waals surface area contributed by atoms with Crippen molar-refractivity contribution in [3.63, 3.8) is 0 Å². The van der Waals surface area contributed by atoms with E-state index in [2.05, 4.69) is 0 Å². The highest BCUT2D eigenvalue weighted by atomic mass is 35.7. The van der Waals surface area contributed by atoms with Crippen LogP contribution in [0.3, 0.4) is 0 Å². The van der Waals surface area contributed by atoms with Gasteiger partial charge in [-0.15, -0.1) is 23.2 Å². The van der Waals surface area contributed by atoms with E-state index in [0.717, 1.165) is 10.0 Å². The molecule has 0 saturated heterocycles. The van der Waals surface area contributed by atoms with Crippen LogP contribution in [0.5, 0.6) is 0 Å². The first-order valence-corrected chi connectivity index (χ1v) is 6.05. The van der Waals surface area contributed by atoms with Crippen LogP contribution in [0, 0.1) is 0 Å². The molecule has 6 heteroatoms. The number of halogens is 3. The van der Waals surface area contributed by atoms with E-state index in [1.54, 1.807) is 0 Å². The number of hydrogen-bond acceptors (Lipinski definition) is 3. The first-order valence-electron chi connectivity index (χ1n) is 2.03. The van der Waals surface area contributed by atoms with Crippen LogP contribution in [0.4, 0.5) is 0 Å². The van der Waals surface area contributed by atoms with Crippen LogP contribution < -0.4 is 0 Å². The van der Waals surface area contributed by atoms with Crippen molar-refractivity contribution < 1.29 is 4.74 Å². The zero-order valence-electron chi connectivity index (χ0n) is 4.35. The number of rotatable bonds is 5. The van der Waals surface area contributed by atoms with Gasteiger partial charge in [0.25, 0.3) is 0 Å². The normalized spacial score (nSPS) is 10.7. The molecule has 0 rings (SSSR count). The van der Waals surface area contributed by atoms with E-state index in [-0.39, 0.29) is 0 Å². The Morgan fingerprint density at radius 1 is 1.44 bits per heavy atom. The molecule has 1 nitrogen and oxygen atoms in total. The number of hydrogen-bond donors (Lipinski definition) is 0. The van der Waals surface area contributed by atoms with Crippen LogP contribution in [0.15, 0.2) is 0 Å². The molecule has 0 aliphatic carbocycles. The summed E-state index contributed by atoms with van der Waals surface area (Å²) in [5, 5.41) is 0. The maximum absolute atomic E-state index is 5.35. The molecule has 0 bridgehead atoms. The second-order valence-electron chi connectivity index (χ2n) is 1.06. The summed E-state index contributed by atoms with van der Waals surface area (Å²) in [5.74, 6) is 0.518. The van der Waals surface area contributed by atoms with Gasteiger partial charge in [-0.2, -0.15) is 0 Å². The third-order valence-corrected chi connectivity index (χ3v) is 2.38.